The van der Waals surface area contributed by atoms with Crippen LogP contribution in [0.5, 0.6) is 0 Å². The summed E-state index contributed by atoms with van der Waals surface area (Å²) in [6.45, 7) is 5.35. The van der Waals surface area contributed by atoms with E-state index in [1.165, 1.54) is 49.7 Å². The van der Waals surface area contributed by atoms with Gasteiger partial charge in [0.25, 0.3) is 0 Å². The van der Waals surface area contributed by atoms with Crippen molar-refractivity contribution in [3.63, 3.8) is 0 Å². The molecular weight excluding hydrogens is 230 g/mol. The van der Waals surface area contributed by atoms with Gasteiger partial charge in [0.15, 0.2) is 0 Å². The topological polar surface area (TPSA) is 26.0 Å². The standard InChI is InChI=1S/C18H29N/c1-3-14(2)15-9-11-17(12-10-15)18(13-19)16-7-5-4-6-8-16/h9-12,14,16,18H,3-8,13,19H2,1-2H3. The Hall–Kier alpha value is -0.820. The lowest BCUT2D eigenvalue weighted by Crippen LogP contribution is -2.23. The van der Waals surface area contributed by atoms with Gasteiger partial charge in [-0.25, -0.2) is 0 Å². The van der Waals surface area contributed by atoms with Crippen molar-refractivity contribution in [3.8, 4) is 0 Å². The monoisotopic (exact) mass is 259 g/mol. The lowest BCUT2D eigenvalue weighted by atomic mass is 9.76. The van der Waals surface area contributed by atoms with E-state index < -0.39 is 0 Å². The molecule has 0 aromatic heterocycles. The van der Waals surface area contributed by atoms with Gasteiger partial charge in [0.05, 0.1) is 0 Å². The van der Waals surface area contributed by atoms with Crippen molar-refractivity contribution in [2.75, 3.05) is 6.54 Å². The van der Waals surface area contributed by atoms with Crippen LogP contribution in [-0.2, 0) is 0 Å². The highest BCUT2D eigenvalue weighted by Crippen LogP contribution is 2.35. The molecule has 2 unspecified atom stereocenters. The summed E-state index contributed by atoms with van der Waals surface area (Å²) in [5, 5.41) is 0. The van der Waals surface area contributed by atoms with Crippen LogP contribution in [-0.4, -0.2) is 6.54 Å². The number of benzene rings is 1. The predicted molar refractivity (Wildman–Crippen MR) is 83.5 cm³/mol. The summed E-state index contributed by atoms with van der Waals surface area (Å²) in [7, 11) is 0. The van der Waals surface area contributed by atoms with Crippen LogP contribution in [0.1, 0.15) is 75.3 Å². The summed E-state index contributed by atoms with van der Waals surface area (Å²) < 4.78 is 0. The van der Waals surface area contributed by atoms with Crippen molar-refractivity contribution in [1.29, 1.82) is 0 Å². The molecule has 1 aromatic carbocycles. The summed E-state index contributed by atoms with van der Waals surface area (Å²) in [5.74, 6) is 2.06. The lowest BCUT2D eigenvalue weighted by molar-refractivity contribution is 0.307. The van der Waals surface area contributed by atoms with Crippen LogP contribution in [0.15, 0.2) is 24.3 Å². The Morgan fingerprint density at radius 1 is 1.05 bits per heavy atom. The van der Waals surface area contributed by atoms with Crippen LogP contribution in [0.3, 0.4) is 0 Å². The van der Waals surface area contributed by atoms with Gasteiger partial charge in [-0.15, -0.1) is 0 Å². The van der Waals surface area contributed by atoms with Gasteiger partial charge in [0, 0.05) is 0 Å². The zero-order valence-corrected chi connectivity index (χ0v) is 12.6. The lowest BCUT2D eigenvalue weighted by Gasteiger charge is -2.30. The van der Waals surface area contributed by atoms with E-state index in [1.807, 2.05) is 0 Å². The van der Waals surface area contributed by atoms with Gasteiger partial charge in [-0.2, -0.15) is 0 Å². The van der Waals surface area contributed by atoms with E-state index >= 15 is 0 Å². The maximum atomic E-state index is 6.06. The molecule has 1 saturated carbocycles. The van der Waals surface area contributed by atoms with E-state index in [-0.39, 0.29) is 0 Å². The van der Waals surface area contributed by atoms with Gasteiger partial charge in [-0.05, 0) is 54.7 Å². The molecule has 106 valence electrons. The van der Waals surface area contributed by atoms with Crippen molar-refractivity contribution in [2.45, 2.75) is 64.2 Å². The largest absolute Gasteiger partial charge is 0.330 e. The average Bonchev–Trinajstić information content (AvgIpc) is 2.49. The molecule has 0 aliphatic heterocycles. The number of nitrogens with two attached hydrogens (primary N) is 1. The van der Waals surface area contributed by atoms with Crippen LogP contribution in [0.2, 0.25) is 0 Å². The highest BCUT2D eigenvalue weighted by Gasteiger charge is 2.23. The molecule has 0 bridgehead atoms. The molecule has 1 nitrogen and oxygen atoms in total. The molecule has 0 heterocycles. The van der Waals surface area contributed by atoms with E-state index in [4.69, 9.17) is 5.73 Å². The molecule has 2 N–H and O–H groups in total. The minimum atomic E-state index is 0.575. The third-order valence-corrected chi connectivity index (χ3v) is 5.02. The first kappa shape index (κ1) is 14.6. The van der Waals surface area contributed by atoms with Gasteiger partial charge in [0.2, 0.25) is 0 Å². The molecule has 1 aromatic rings. The number of hydrogen-bond acceptors (Lipinski definition) is 1. The smallest absolute Gasteiger partial charge is 0.000556 e. The van der Waals surface area contributed by atoms with Crippen molar-refractivity contribution in [1.82, 2.24) is 0 Å². The van der Waals surface area contributed by atoms with Crippen molar-refractivity contribution < 1.29 is 0 Å². The van der Waals surface area contributed by atoms with Gasteiger partial charge in [-0.1, -0.05) is 57.4 Å². The second kappa shape index (κ2) is 7.09. The second-order valence-corrected chi connectivity index (χ2v) is 6.22. The third kappa shape index (κ3) is 3.60. The number of hydrogen-bond donors (Lipinski definition) is 1. The molecule has 1 heteroatoms. The van der Waals surface area contributed by atoms with E-state index in [1.54, 1.807) is 0 Å². The first-order valence-corrected chi connectivity index (χ1v) is 8.06. The Morgan fingerprint density at radius 2 is 1.63 bits per heavy atom. The summed E-state index contributed by atoms with van der Waals surface area (Å²) in [6.07, 6.45) is 8.16. The Kier molecular flexibility index (Phi) is 5.45. The second-order valence-electron chi connectivity index (χ2n) is 6.22. The minimum Gasteiger partial charge on any atom is -0.330 e. The molecule has 0 amide bonds. The Bertz CT molecular complexity index is 362. The highest BCUT2D eigenvalue weighted by atomic mass is 14.6. The quantitative estimate of drug-likeness (QED) is 0.806. The normalized spacial score (nSPS) is 20.2. The molecule has 2 rings (SSSR count). The van der Waals surface area contributed by atoms with Crippen molar-refractivity contribution >= 4 is 0 Å². The van der Waals surface area contributed by atoms with Gasteiger partial charge in [0.1, 0.15) is 0 Å². The van der Waals surface area contributed by atoms with Crippen LogP contribution in [0.25, 0.3) is 0 Å². The number of rotatable bonds is 5. The van der Waals surface area contributed by atoms with Crippen molar-refractivity contribution in [2.24, 2.45) is 11.7 Å². The van der Waals surface area contributed by atoms with E-state index in [9.17, 15) is 0 Å². The van der Waals surface area contributed by atoms with Crippen LogP contribution in [0, 0.1) is 5.92 Å². The molecule has 1 fully saturated rings. The predicted octanol–water partition coefficient (Wildman–Crippen LogP) is 4.82. The van der Waals surface area contributed by atoms with E-state index in [0.29, 0.717) is 11.8 Å². The SMILES string of the molecule is CCC(C)c1ccc(C(CN)C2CCCCC2)cc1. The zero-order valence-electron chi connectivity index (χ0n) is 12.6. The highest BCUT2D eigenvalue weighted by molar-refractivity contribution is 5.28. The fraction of sp³-hybridized carbons (Fsp3) is 0.667. The summed E-state index contributed by atoms with van der Waals surface area (Å²) in [4.78, 5) is 0. The Balaban J connectivity index is 2.09. The van der Waals surface area contributed by atoms with Crippen LogP contribution < -0.4 is 5.73 Å². The van der Waals surface area contributed by atoms with E-state index in [2.05, 4.69) is 38.1 Å². The van der Waals surface area contributed by atoms with Crippen LogP contribution in [0.4, 0.5) is 0 Å². The summed E-state index contributed by atoms with van der Waals surface area (Å²) in [6, 6.07) is 9.28. The summed E-state index contributed by atoms with van der Waals surface area (Å²) >= 11 is 0. The molecule has 2 atom stereocenters. The zero-order chi connectivity index (χ0) is 13.7. The van der Waals surface area contributed by atoms with E-state index in [0.717, 1.165) is 12.5 Å². The molecule has 1 aliphatic carbocycles. The molecule has 0 saturated heterocycles. The van der Waals surface area contributed by atoms with Gasteiger partial charge in [-0.3, -0.25) is 0 Å². The first-order chi connectivity index (χ1) is 9.26. The average molecular weight is 259 g/mol. The maximum Gasteiger partial charge on any atom is -0.000556 e. The van der Waals surface area contributed by atoms with Crippen LogP contribution >= 0.6 is 0 Å². The molecular formula is C18H29N. The fourth-order valence-electron chi connectivity index (χ4n) is 3.44. The minimum absolute atomic E-state index is 0.575. The van der Waals surface area contributed by atoms with Crippen molar-refractivity contribution in [3.05, 3.63) is 35.4 Å². The molecule has 0 radical (unpaired) electrons. The maximum absolute atomic E-state index is 6.06. The third-order valence-electron chi connectivity index (χ3n) is 5.02. The van der Waals surface area contributed by atoms with Gasteiger partial charge >= 0.3 is 0 Å². The molecule has 19 heavy (non-hydrogen) atoms. The Labute approximate surface area is 118 Å². The molecule has 0 spiro atoms. The van der Waals surface area contributed by atoms with Gasteiger partial charge < -0.3 is 5.73 Å². The Morgan fingerprint density at radius 3 is 2.16 bits per heavy atom. The summed E-state index contributed by atoms with van der Waals surface area (Å²) in [5.41, 5.74) is 8.98. The fourth-order valence-corrected chi connectivity index (χ4v) is 3.44. The first-order valence-electron chi connectivity index (χ1n) is 8.06. The molecule has 1 aliphatic rings.